The summed E-state index contributed by atoms with van der Waals surface area (Å²) in [6.45, 7) is 3.97. The first-order chi connectivity index (χ1) is 8.92. The van der Waals surface area contributed by atoms with E-state index in [1.807, 2.05) is 13.8 Å². The highest BCUT2D eigenvalue weighted by Gasteiger charge is 2.22. The Balaban J connectivity index is 2.15. The maximum absolute atomic E-state index is 12.0. The molecule has 0 spiro atoms. The summed E-state index contributed by atoms with van der Waals surface area (Å²) in [5, 5.41) is 7.51. The third-order valence-corrected chi connectivity index (χ3v) is 4.67. The van der Waals surface area contributed by atoms with Crippen LogP contribution in [-0.2, 0) is 16.6 Å². The Morgan fingerprint density at radius 2 is 2.26 bits per heavy atom. The van der Waals surface area contributed by atoms with Crippen molar-refractivity contribution >= 4 is 26.0 Å². The van der Waals surface area contributed by atoms with Crippen LogP contribution in [0.1, 0.15) is 25.7 Å². The maximum atomic E-state index is 12.0. The van der Waals surface area contributed by atoms with E-state index in [1.165, 1.54) is 12.3 Å². The van der Waals surface area contributed by atoms with Crippen molar-refractivity contribution in [2.45, 2.75) is 31.5 Å². The van der Waals surface area contributed by atoms with Crippen molar-refractivity contribution in [3.05, 3.63) is 29.0 Å². The van der Waals surface area contributed by atoms with Gasteiger partial charge in [-0.05, 0) is 35.8 Å². The largest absolute Gasteiger partial charge is 0.451 e. The van der Waals surface area contributed by atoms with Crippen LogP contribution in [0.4, 0.5) is 0 Å². The van der Waals surface area contributed by atoms with Crippen molar-refractivity contribution in [2.24, 2.45) is 0 Å². The zero-order chi connectivity index (χ0) is 14.0. The van der Waals surface area contributed by atoms with E-state index in [-0.39, 0.29) is 17.7 Å². The first-order valence-corrected chi connectivity index (χ1v) is 7.80. The first kappa shape index (κ1) is 14.2. The lowest BCUT2D eigenvalue weighted by Crippen LogP contribution is -2.25. The van der Waals surface area contributed by atoms with E-state index >= 15 is 0 Å². The third kappa shape index (κ3) is 3.04. The van der Waals surface area contributed by atoms with Gasteiger partial charge in [0.2, 0.25) is 5.09 Å². The molecule has 0 bridgehead atoms. The Kier molecular flexibility index (Phi) is 4.07. The van der Waals surface area contributed by atoms with Crippen molar-refractivity contribution in [3.63, 3.8) is 0 Å². The number of aromatic nitrogens is 3. The summed E-state index contributed by atoms with van der Waals surface area (Å²) in [5.41, 5.74) is 0. The molecule has 2 aromatic heterocycles. The quantitative estimate of drug-likeness (QED) is 0.887. The molecule has 0 aliphatic carbocycles. The maximum Gasteiger partial charge on any atom is 0.275 e. The smallest absolute Gasteiger partial charge is 0.275 e. The van der Waals surface area contributed by atoms with Crippen molar-refractivity contribution in [1.29, 1.82) is 0 Å². The van der Waals surface area contributed by atoms with Gasteiger partial charge in [-0.1, -0.05) is 0 Å². The second kappa shape index (κ2) is 5.43. The highest BCUT2D eigenvalue weighted by Crippen LogP contribution is 2.22. The molecule has 2 aromatic rings. The minimum Gasteiger partial charge on any atom is -0.451 e. The van der Waals surface area contributed by atoms with Crippen LogP contribution in [0, 0.1) is 0 Å². The second-order valence-electron chi connectivity index (χ2n) is 4.13. The molecule has 2 heterocycles. The molecular formula is C10H13BrN4O3S. The summed E-state index contributed by atoms with van der Waals surface area (Å²) in [6, 6.07) is 1.68. The van der Waals surface area contributed by atoms with Crippen molar-refractivity contribution in [2.75, 3.05) is 0 Å². The molecule has 0 atom stereocenters. The number of furan rings is 1. The third-order valence-electron chi connectivity index (χ3n) is 2.45. The van der Waals surface area contributed by atoms with E-state index in [9.17, 15) is 8.42 Å². The molecule has 0 saturated heterocycles. The van der Waals surface area contributed by atoms with E-state index in [2.05, 4.69) is 30.8 Å². The van der Waals surface area contributed by atoms with Crippen molar-refractivity contribution in [3.8, 4) is 0 Å². The van der Waals surface area contributed by atoms with Crippen LogP contribution in [0.3, 0.4) is 0 Å². The summed E-state index contributed by atoms with van der Waals surface area (Å²) in [5.74, 6) is 0.543. The predicted molar refractivity (Wildman–Crippen MR) is 70.8 cm³/mol. The second-order valence-corrected chi connectivity index (χ2v) is 6.65. The average molecular weight is 349 g/mol. The number of sulfonamides is 1. The van der Waals surface area contributed by atoms with Gasteiger partial charge < -0.3 is 8.98 Å². The molecule has 9 heteroatoms. The zero-order valence-electron chi connectivity index (χ0n) is 10.4. The van der Waals surface area contributed by atoms with E-state index in [1.54, 1.807) is 10.9 Å². The fraction of sp³-hybridized carbons (Fsp3) is 0.400. The van der Waals surface area contributed by atoms with Crippen LogP contribution >= 0.6 is 15.9 Å². The molecule has 2 rings (SSSR count). The Hall–Kier alpha value is -1.19. The van der Waals surface area contributed by atoms with Gasteiger partial charge in [-0.3, -0.25) is 0 Å². The van der Waals surface area contributed by atoms with E-state index < -0.39 is 10.0 Å². The van der Waals surface area contributed by atoms with Crippen LogP contribution in [0.25, 0.3) is 0 Å². The molecule has 104 valence electrons. The van der Waals surface area contributed by atoms with Crippen LogP contribution in [0.5, 0.6) is 0 Å². The SMILES string of the molecule is CC(C)n1cnnc1CNS(=O)(=O)c1occc1Br. The summed E-state index contributed by atoms with van der Waals surface area (Å²) >= 11 is 3.11. The standard InChI is InChI=1S/C10H13BrN4O3S/c1-7(2)15-6-12-14-9(15)5-13-19(16,17)10-8(11)3-4-18-10/h3-4,6-7,13H,5H2,1-2H3. The topological polar surface area (TPSA) is 90.0 Å². The van der Waals surface area contributed by atoms with Crippen LogP contribution in [0.15, 0.2) is 32.6 Å². The minimum atomic E-state index is -3.71. The molecular weight excluding hydrogens is 336 g/mol. The van der Waals surface area contributed by atoms with Crippen molar-refractivity contribution in [1.82, 2.24) is 19.5 Å². The number of nitrogens with zero attached hydrogens (tertiary/aromatic N) is 3. The fourth-order valence-corrected chi connectivity index (χ4v) is 3.32. The molecule has 0 saturated carbocycles. The monoisotopic (exact) mass is 348 g/mol. The average Bonchev–Trinajstić information content (AvgIpc) is 2.94. The van der Waals surface area contributed by atoms with Gasteiger partial charge in [0.1, 0.15) is 12.2 Å². The Morgan fingerprint density at radius 3 is 2.84 bits per heavy atom. The van der Waals surface area contributed by atoms with Crippen LogP contribution in [-0.4, -0.2) is 23.2 Å². The molecule has 0 radical (unpaired) electrons. The zero-order valence-corrected chi connectivity index (χ0v) is 12.8. The van der Waals surface area contributed by atoms with Gasteiger partial charge in [0.15, 0.2) is 0 Å². The number of hydrogen-bond donors (Lipinski definition) is 1. The van der Waals surface area contributed by atoms with Gasteiger partial charge in [0.05, 0.1) is 17.3 Å². The molecule has 0 aliphatic heterocycles. The summed E-state index contributed by atoms with van der Waals surface area (Å²) in [7, 11) is -3.71. The van der Waals surface area contributed by atoms with Gasteiger partial charge >= 0.3 is 0 Å². The van der Waals surface area contributed by atoms with Crippen LogP contribution < -0.4 is 4.72 Å². The number of nitrogens with one attached hydrogen (secondary N) is 1. The van der Waals surface area contributed by atoms with Gasteiger partial charge in [0, 0.05) is 6.04 Å². The molecule has 0 aromatic carbocycles. The molecule has 7 nitrogen and oxygen atoms in total. The highest BCUT2D eigenvalue weighted by atomic mass is 79.9. The highest BCUT2D eigenvalue weighted by molar-refractivity contribution is 9.10. The number of halogens is 1. The molecule has 19 heavy (non-hydrogen) atoms. The number of hydrogen-bond acceptors (Lipinski definition) is 5. The Bertz CT molecular complexity index is 662. The molecule has 1 N–H and O–H groups in total. The predicted octanol–water partition coefficient (Wildman–Crippen LogP) is 1.69. The first-order valence-electron chi connectivity index (χ1n) is 5.53. The minimum absolute atomic E-state index is 0.0493. The van der Waals surface area contributed by atoms with Gasteiger partial charge in [-0.25, -0.2) is 13.1 Å². The van der Waals surface area contributed by atoms with Gasteiger partial charge in [-0.2, -0.15) is 0 Å². The van der Waals surface area contributed by atoms with Crippen molar-refractivity contribution < 1.29 is 12.8 Å². The lowest BCUT2D eigenvalue weighted by atomic mass is 10.4. The summed E-state index contributed by atoms with van der Waals surface area (Å²) in [4.78, 5) is 0. The Labute approximate surface area is 119 Å². The van der Waals surface area contributed by atoms with Gasteiger partial charge in [0.25, 0.3) is 10.0 Å². The van der Waals surface area contributed by atoms with E-state index in [0.29, 0.717) is 10.3 Å². The number of rotatable bonds is 5. The lowest BCUT2D eigenvalue weighted by molar-refractivity contribution is 0.441. The fourth-order valence-electron chi connectivity index (χ4n) is 1.52. The summed E-state index contributed by atoms with van der Waals surface area (Å²) < 4.78 is 33.5. The van der Waals surface area contributed by atoms with Crippen LogP contribution in [0.2, 0.25) is 0 Å². The molecule has 0 amide bonds. The summed E-state index contributed by atoms with van der Waals surface area (Å²) in [6.07, 6.45) is 2.87. The Morgan fingerprint density at radius 1 is 1.53 bits per heavy atom. The molecule has 0 aliphatic rings. The normalized spacial score (nSPS) is 12.2. The lowest BCUT2D eigenvalue weighted by Gasteiger charge is -2.10. The van der Waals surface area contributed by atoms with E-state index in [4.69, 9.17) is 4.42 Å². The van der Waals surface area contributed by atoms with Gasteiger partial charge in [-0.15, -0.1) is 10.2 Å². The van der Waals surface area contributed by atoms with E-state index in [0.717, 1.165) is 0 Å². The molecule has 0 fully saturated rings. The molecule has 0 unspecified atom stereocenters.